The molecule has 21 heavy (non-hydrogen) atoms. The SMILES string of the molecule is Cc1cccc(C)c1OCCN1CCCC1C(=O)N(C)C. The summed E-state index contributed by atoms with van der Waals surface area (Å²) >= 11 is 0. The summed E-state index contributed by atoms with van der Waals surface area (Å²) in [7, 11) is 3.65. The lowest BCUT2D eigenvalue weighted by molar-refractivity contribution is -0.133. The minimum atomic E-state index is 0.0292. The first-order chi connectivity index (χ1) is 10.0. The number of rotatable bonds is 5. The van der Waals surface area contributed by atoms with Crippen molar-refractivity contribution in [3.8, 4) is 5.75 Å². The molecule has 1 saturated heterocycles. The lowest BCUT2D eigenvalue weighted by atomic mass is 10.1. The summed E-state index contributed by atoms with van der Waals surface area (Å²) in [4.78, 5) is 16.1. The van der Waals surface area contributed by atoms with Crippen molar-refractivity contribution in [1.29, 1.82) is 0 Å². The summed E-state index contributed by atoms with van der Waals surface area (Å²) in [6.45, 7) is 6.55. The topological polar surface area (TPSA) is 32.8 Å². The Morgan fingerprint density at radius 1 is 1.33 bits per heavy atom. The van der Waals surface area contributed by atoms with Crippen LogP contribution in [0.2, 0.25) is 0 Å². The highest BCUT2D eigenvalue weighted by Crippen LogP contribution is 2.23. The Morgan fingerprint density at radius 2 is 2.00 bits per heavy atom. The molecule has 1 aliphatic rings. The molecule has 2 rings (SSSR count). The van der Waals surface area contributed by atoms with Gasteiger partial charge in [-0.05, 0) is 44.4 Å². The van der Waals surface area contributed by atoms with E-state index in [0.29, 0.717) is 6.61 Å². The summed E-state index contributed by atoms with van der Waals surface area (Å²) < 4.78 is 5.95. The summed E-state index contributed by atoms with van der Waals surface area (Å²) in [6, 6.07) is 6.21. The maximum Gasteiger partial charge on any atom is 0.239 e. The summed E-state index contributed by atoms with van der Waals surface area (Å²) in [5, 5.41) is 0. The Bertz CT molecular complexity index is 479. The number of aryl methyl sites for hydroxylation is 2. The Kier molecular flexibility index (Phi) is 5.23. The van der Waals surface area contributed by atoms with Crippen LogP contribution in [0.15, 0.2) is 18.2 Å². The number of nitrogens with zero attached hydrogens (tertiary/aromatic N) is 2. The second-order valence-corrected chi connectivity index (χ2v) is 6.00. The van der Waals surface area contributed by atoms with E-state index in [1.165, 1.54) is 0 Å². The second kappa shape index (κ2) is 6.94. The number of carbonyl (C=O) groups is 1. The fourth-order valence-corrected chi connectivity index (χ4v) is 2.96. The maximum absolute atomic E-state index is 12.1. The number of carbonyl (C=O) groups excluding carboxylic acids is 1. The van der Waals surface area contributed by atoms with Crippen molar-refractivity contribution >= 4 is 5.91 Å². The number of likely N-dealkylation sites (tertiary alicyclic amines) is 1. The first-order valence-corrected chi connectivity index (χ1v) is 7.65. The molecule has 1 aromatic carbocycles. The largest absolute Gasteiger partial charge is 0.492 e. The number of hydrogen-bond donors (Lipinski definition) is 0. The van der Waals surface area contributed by atoms with Crippen LogP contribution in [0.3, 0.4) is 0 Å². The molecule has 0 bridgehead atoms. The maximum atomic E-state index is 12.1. The van der Waals surface area contributed by atoms with Gasteiger partial charge in [-0.1, -0.05) is 18.2 Å². The zero-order valence-electron chi connectivity index (χ0n) is 13.6. The molecule has 0 aliphatic carbocycles. The third kappa shape index (κ3) is 3.76. The van der Waals surface area contributed by atoms with Crippen molar-refractivity contribution in [2.75, 3.05) is 33.8 Å². The summed E-state index contributed by atoms with van der Waals surface area (Å²) in [5.41, 5.74) is 2.33. The monoisotopic (exact) mass is 290 g/mol. The molecular formula is C17H26N2O2. The molecule has 1 atom stereocenters. The van der Waals surface area contributed by atoms with Crippen LogP contribution in [-0.2, 0) is 4.79 Å². The highest BCUT2D eigenvalue weighted by atomic mass is 16.5. The van der Waals surface area contributed by atoms with Gasteiger partial charge in [-0.15, -0.1) is 0 Å². The first-order valence-electron chi connectivity index (χ1n) is 7.65. The second-order valence-electron chi connectivity index (χ2n) is 6.00. The number of amides is 1. The lowest BCUT2D eigenvalue weighted by Gasteiger charge is -2.26. The van der Waals surface area contributed by atoms with Crippen molar-refractivity contribution in [3.05, 3.63) is 29.3 Å². The van der Waals surface area contributed by atoms with Gasteiger partial charge in [0.2, 0.25) is 5.91 Å². The molecule has 0 radical (unpaired) electrons. The normalized spacial score (nSPS) is 18.8. The van der Waals surface area contributed by atoms with E-state index in [1.54, 1.807) is 4.90 Å². The smallest absolute Gasteiger partial charge is 0.239 e. The average Bonchev–Trinajstić information content (AvgIpc) is 2.89. The Balaban J connectivity index is 1.89. The van der Waals surface area contributed by atoms with Gasteiger partial charge in [0.1, 0.15) is 12.4 Å². The van der Waals surface area contributed by atoms with E-state index in [2.05, 4.69) is 30.9 Å². The van der Waals surface area contributed by atoms with Crippen LogP contribution in [0, 0.1) is 13.8 Å². The number of likely N-dealkylation sites (N-methyl/N-ethyl adjacent to an activating group) is 1. The fraction of sp³-hybridized carbons (Fsp3) is 0.588. The molecule has 1 heterocycles. The van der Waals surface area contributed by atoms with Gasteiger partial charge in [0, 0.05) is 20.6 Å². The molecular weight excluding hydrogens is 264 g/mol. The van der Waals surface area contributed by atoms with Crippen LogP contribution in [0.1, 0.15) is 24.0 Å². The summed E-state index contributed by atoms with van der Waals surface area (Å²) in [6.07, 6.45) is 2.05. The van der Waals surface area contributed by atoms with E-state index >= 15 is 0 Å². The quantitative estimate of drug-likeness (QED) is 0.834. The Morgan fingerprint density at radius 3 is 2.62 bits per heavy atom. The van der Waals surface area contributed by atoms with Gasteiger partial charge < -0.3 is 9.64 Å². The highest BCUT2D eigenvalue weighted by Gasteiger charge is 2.31. The van der Waals surface area contributed by atoms with Crippen LogP contribution in [0.4, 0.5) is 0 Å². The van der Waals surface area contributed by atoms with E-state index in [1.807, 2.05) is 20.2 Å². The summed E-state index contributed by atoms with van der Waals surface area (Å²) in [5.74, 6) is 1.19. The minimum absolute atomic E-state index is 0.0292. The number of ether oxygens (including phenoxy) is 1. The number of para-hydroxylation sites is 1. The van der Waals surface area contributed by atoms with Crippen molar-refractivity contribution in [3.63, 3.8) is 0 Å². The van der Waals surface area contributed by atoms with Gasteiger partial charge in [-0.2, -0.15) is 0 Å². The Labute approximate surface area is 127 Å². The molecule has 4 nitrogen and oxygen atoms in total. The van der Waals surface area contributed by atoms with Crippen LogP contribution in [0.5, 0.6) is 5.75 Å². The molecule has 0 spiro atoms. The molecule has 1 aliphatic heterocycles. The average molecular weight is 290 g/mol. The third-order valence-electron chi connectivity index (χ3n) is 4.12. The molecule has 1 unspecified atom stereocenters. The van der Waals surface area contributed by atoms with Crippen LogP contribution >= 0.6 is 0 Å². The number of benzene rings is 1. The molecule has 1 amide bonds. The van der Waals surface area contributed by atoms with Gasteiger partial charge in [0.05, 0.1) is 6.04 Å². The minimum Gasteiger partial charge on any atom is -0.492 e. The molecule has 1 fully saturated rings. The predicted molar refractivity (Wildman–Crippen MR) is 84.7 cm³/mol. The highest BCUT2D eigenvalue weighted by molar-refractivity contribution is 5.81. The van der Waals surface area contributed by atoms with Gasteiger partial charge in [-0.3, -0.25) is 9.69 Å². The standard InChI is InChI=1S/C17H26N2O2/c1-13-7-5-8-14(2)16(13)21-12-11-19-10-6-9-15(19)17(20)18(3)4/h5,7-8,15H,6,9-12H2,1-4H3. The van der Waals surface area contributed by atoms with E-state index in [4.69, 9.17) is 4.74 Å². The molecule has 1 aromatic rings. The zero-order valence-corrected chi connectivity index (χ0v) is 13.6. The van der Waals surface area contributed by atoms with Crippen molar-refractivity contribution in [2.24, 2.45) is 0 Å². The van der Waals surface area contributed by atoms with Crippen LogP contribution < -0.4 is 4.74 Å². The van der Waals surface area contributed by atoms with Gasteiger partial charge in [0.25, 0.3) is 0 Å². The number of hydrogen-bond acceptors (Lipinski definition) is 3. The zero-order chi connectivity index (χ0) is 15.4. The molecule has 0 N–H and O–H groups in total. The third-order valence-corrected chi connectivity index (χ3v) is 4.12. The van der Waals surface area contributed by atoms with Crippen molar-refractivity contribution in [1.82, 2.24) is 9.80 Å². The fourth-order valence-electron chi connectivity index (χ4n) is 2.96. The van der Waals surface area contributed by atoms with E-state index in [0.717, 1.165) is 42.8 Å². The Hall–Kier alpha value is -1.55. The van der Waals surface area contributed by atoms with E-state index in [9.17, 15) is 4.79 Å². The predicted octanol–water partition coefficient (Wildman–Crippen LogP) is 2.23. The molecule has 4 heteroatoms. The lowest BCUT2D eigenvalue weighted by Crippen LogP contribution is -2.44. The van der Waals surface area contributed by atoms with Crippen LogP contribution in [0.25, 0.3) is 0 Å². The van der Waals surface area contributed by atoms with Gasteiger partial charge >= 0.3 is 0 Å². The molecule has 116 valence electrons. The van der Waals surface area contributed by atoms with E-state index in [-0.39, 0.29) is 11.9 Å². The molecule has 0 aromatic heterocycles. The van der Waals surface area contributed by atoms with Gasteiger partial charge in [0.15, 0.2) is 0 Å². The first kappa shape index (κ1) is 15.8. The van der Waals surface area contributed by atoms with E-state index < -0.39 is 0 Å². The molecule has 0 saturated carbocycles. The van der Waals surface area contributed by atoms with Gasteiger partial charge in [-0.25, -0.2) is 0 Å². The van der Waals surface area contributed by atoms with Crippen molar-refractivity contribution < 1.29 is 9.53 Å². The van der Waals surface area contributed by atoms with Crippen molar-refractivity contribution in [2.45, 2.75) is 32.7 Å². The van der Waals surface area contributed by atoms with Crippen LogP contribution in [-0.4, -0.2) is 55.5 Å².